The average molecular weight is 293 g/mol. The molecule has 0 aliphatic carbocycles. The zero-order valence-electron chi connectivity index (χ0n) is 13.8. The largest absolute Gasteiger partial charge is 0.394 e. The van der Waals surface area contributed by atoms with E-state index in [2.05, 4.69) is 26.1 Å². The SMILES string of the molecule is CCCCCCOCC(CO)(NC(C)C)c1ccccc1. The minimum absolute atomic E-state index is 0.0319. The molecule has 0 aliphatic heterocycles. The molecule has 0 spiro atoms. The van der Waals surface area contributed by atoms with E-state index in [4.69, 9.17) is 4.74 Å². The Morgan fingerprint density at radius 3 is 2.43 bits per heavy atom. The van der Waals surface area contributed by atoms with E-state index in [0.717, 1.165) is 18.6 Å². The van der Waals surface area contributed by atoms with Crippen molar-refractivity contribution in [2.45, 2.75) is 58.0 Å². The van der Waals surface area contributed by atoms with E-state index >= 15 is 0 Å². The topological polar surface area (TPSA) is 41.5 Å². The maximum Gasteiger partial charge on any atom is 0.0907 e. The Morgan fingerprint density at radius 1 is 1.14 bits per heavy atom. The molecule has 3 nitrogen and oxygen atoms in total. The molecule has 0 fully saturated rings. The summed E-state index contributed by atoms with van der Waals surface area (Å²) in [5.41, 5.74) is 0.565. The van der Waals surface area contributed by atoms with E-state index < -0.39 is 5.54 Å². The van der Waals surface area contributed by atoms with Crippen LogP contribution in [0.25, 0.3) is 0 Å². The van der Waals surface area contributed by atoms with Crippen molar-refractivity contribution in [1.29, 1.82) is 0 Å². The maximum atomic E-state index is 9.98. The molecule has 1 rings (SSSR count). The van der Waals surface area contributed by atoms with Crippen molar-refractivity contribution >= 4 is 0 Å². The standard InChI is InChI=1S/C18H31NO2/c1-4-5-6-10-13-21-15-18(14-20,19-16(2)3)17-11-8-7-9-12-17/h7-9,11-12,16,19-20H,4-6,10,13-15H2,1-3H3. The van der Waals surface area contributed by atoms with Gasteiger partial charge in [0.1, 0.15) is 0 Å². The summed E-state index contributed by atoms with van der Waals surface area (Å²) in [5.74, 6) is 0. The van der Waals surface area contributed by atoms with Crippen LogP contribution in [0.15, 0.2) is 30.3 Å². The van der Waals surface area contributed by atoms with Gasteiger partial charge in [-0.3, -0.25) is 0 Å². The molecule has 21 heavy (non-hydrogen) atoms. The zero-order chi connectivity index (χ0) is 15.6. The third-order valence-corrected chi connectivity index (χ3v) is 3.65. The van der Waals surface area contributed by atoms with Gasteiger partial charge in [-0.1, -0.05) is 56.5 Å². The van der Waals surface area contributed by atoms with Crippen molar-refractivity contribution in [3.8, 4) is 0 Å². The van der Waals surface area contributed by atoms with E-state index in [9.17, 15) is 5.11 Å². The highest BCUT2D eigenvalue weighted by Gasteiger charge is 2.32. The van der Waals surface area contributed by atoms with Gasteiger partial charge in [-0.2, -0.15) is 0 Å². The van der Waals surface area contributed by atoms with Crippen LogP contribution in [0.1, 0.15) is 52.0 Å². The summed E-state index contributed by atoms with van der Waals surface area (Å²) >= 11 is 0. The molecule has 3 heteroatoms. The first-order valence-corrected chi connectivity index (χ1v) is 8.16. The van der Waals surface area contributed by atoms with Crippen molar-refractivity contribution in [3.05, 3.63) is 35.9 Å². The second-order valence-electron chi connectivity index (χ2n) is 6.02. The Hall–Kier alpha value is -0.900. The Labute approximate surface area is 129 Å². The van der Waals surface area contributed by atoms with Crippen LogP contribution in [0, 0.1) is 0 Å². The Bertz CT molecular complexity index is 367. The third-order valence-electron chi connectivity index (χ3n) is 3.65. The van der Waals surface area contributed by atoms with Gasteiger partial charge in [0.25, 0.3) is 0 Å². The predicted octanol–water partition coefficient (Wildman–Crippen LogP) is 3.47. The summed E-state index contributed by atoms with van der Waals surface area (Å²) in [6.45, 7) is 7.68. The molecule has 0 heterocycles. The van der Waals surface area contributed by atoms with Gasteiger partial charge < -0.3 is 15.2 Å². The van der Waals surface area contributed by atoms with Crippen molar-refractivity contribution < 1.29 is 9.84 Å². The first kappa shape index (κ1) is 18.1. The molecule has 0 bridgehead atoms. The lowest BCUT2D eigenvalue weighted by Crippen LogP contribution is -2.52. The van der Waals surface area contributed by atoms with Gasteiger partial charge in [0.05, 0.1) is 18.8 Å². The van der Waals surface area contributed by atoms with Gasteiger partial charge in [-0.25, -0.2) is 0 Å². The fourth-order valence-corrected chi connectivity index (χ4v) is 2.58. The van der Waals surface area contributed by atoms with Gasteiger partial charge in [-0.15, -0.1) is 0 Å². The average Bonchev–Trinajstić information content (AvgIpc) is 2.50. The van der Waals surface area contributed by atoms with E-state index in [1.165, 1.54) is 19.3 Å². The van der Waals surface area contributed by atoms with E-state index in [1.54, 1.807) is 0 Å². The summed E-state index contributed by atoms with van der Waals surface area (Å²) < 4.78 is 5.87. The number of ether oxygens (including phenoxy) is 1. The number of aliphatic hydroxyl groups excluding tert-OH is 1. The molecule has 0 saturated heterocycles. The van der Waals surface area contributed by atoms with E-state index in [-0.39, 0.29) is 12.6 Å². The fourth-order valence-electron chi connectivity index (χ4n) is 2.58. The van der Waals surface area contributed by atoms with Crippen molar-refractivity contribution in [2.24, 2.45) is 0 Å². The molecule has 1 aromatic carbocycles. The Morgan fingerprint density at radius 2 is 1.86 bits per heavy atom. The molecule has 0 aliphatic rings. The molecule has 1 unspecified atom stereocenters. The molecule has 1 aromatic rings. The number of unbranched alkanes of at least 4 members (excludes halogenated alkanes) is 3. The van der Waals surface area contributed by atoms with Crippen molar-refractivity contribution in [3.63, 3.8) is 0 Å². The van der Waals surface area contributed by atoms with Crippen LogP contribution in [-0.4, -0.2) is 31.0 Å². The highest BCUT2D eigenvalue weighted by atomic mass is 16.5. The molecular formula is C18H31NO2. The predicted molar refractivity (Wildman–Crippen MR) is 88.4 cm³/mol. The monoisotopic (exact) mass is 293 g/mol. The molecular weight excluding hydrogens is 262 g/mol. The van der Waals surface area contributed by atoms with Gasteiger partial charge in [0.2, 0.25) is 0 Å². The zero-order valence-corrected chi connectivity index (χ0v) is 13.8. The highest BCUT2D eigenvalue weighted by molar-refractivity contribution is 5.25. The van der Waals surface area contributed by atoms with Crippen LogP contribution in [0.3, 0.4) is 0 Å². The van der Waals surface area contributed by atoms with Crippen molar-refractivity contribution in [1.82, 2.24) is 5.32 Å². The number of benzene rings is 1. The third kappa shape index (κ3) is 6.16. The molecule has 1 atom stereocenters. The second kappa shape index (κ2) is 9.93. The fraction of sp³-hybridized carbons (Fsp3) is 0.667. The number of rotatable bonds is 11. The minimum atomic E-state index is -0.514. The number of nitrogens with one attached hydrogen (secondary N) is 1. The van der Waals surface area contributed by atoms with Gasteiger partial charge in [0.15, 0.2) is 0 Å². The first-order valence-electron chi connectivity index (χ1n) is 8.16. The normalized spacial score (nSPS) is 14.3. The molecule has 120 valence electrons. The quantitative estimate of drug-likeness (QED) is 0.614. The van der Waals surface area contributed by atoms with Gasteiger partial charge in [0, 0.05) is 12.6 Å². The van der Waals surface area contributed by atoms with Gasteiger partial charge >= 0.3 is 0 Å². The lowest BCUT2D eigenvalue weighted by Gasteiger charge is -2.35. The summed E-state index contributed by atoms with van der Waals surface area (Å²) in [6.07, 6.45) is 4.80. The summed E-state index contributed by atoms with van der Waals surface area (Å²) in [7, 11) is 0. The number of aliphatic hydroxyl groups is 1. The van der Waals surface area contributed by atoms with Crippen LogP contribution in [0.2, 0.25) is 0 Å². The number of hydrogen-bond donors (Lipinski definition) is 2. The van der Waals surface area contributed by atoms with Crippen LogP contribution in [-0.2, 0) is 10.3 Å². The minimum Gasteiger partial charge on any atom is -0.394 e. The molecule has 0 saturated carbocycles. The first-order chi connectivity index (χ1) is 10.1. The molecule has 0 radical (unpaired) electrons. The van der Waals surface area contributed by atoms with Crippen molar-refractivity contribution in [2.75, 3.05) is 19.8 Å². The molecule has 2 N–H and O–H groups in total. The summed E-state index contributed by atoms with van der Waals surface area (Å²) in [5, 5.41) is 13.5. The summed E-state index contributed by atoms with van der Waals surface area (Å²) in [6, 6.07) is 10.4. The maximum absolute atomic E-state index is 9.98. The van der Waals surface area contributed by atoms with Crippen LogP contribution < -0.4 is 5.32 Å². The van der Waals surface area contributed by atoms with Crippen LogP contribution >= 0.6 is 0 Å². The Balaban J connectivity index is 2.64. The molecule has 0 amide bonds. The molecule has 0 aromatic heterocycles. The van der Waals surface area contributed by atoms with Gasteiger partial charge in [-0.05, 0) is 25.8 Å². The highest BCUT2D eigenvalue weighted by Crippen LogP contribution is 2.22. The number of hydrogen-bond acceptors (Lipinski definition) is 3. The van der Waals surface area contributed by atoms with E-state index in [0.29, 0.717) is 6.61 Å². The van der Waals surface area contributed by atoms with Crippen LogP contribution in [0.5, 0.6) is 0 Å². The smallest absolute Gasteiger partial charge is 0.0907 e. The lowest BCUT2D eigenvalue weighted by molar-refractivity contribution is 0.0275. The van der Waals surface area contributed by atoms with Crippen LogP contribution in [0.4, 0.5) is 0 Å². The summed E-state index contributed by atoms with van der Waals surface area (Å²) in [4.78, 5) is 0. The second-order valence-corrected chi connectivity index (χ2v) is 6.02. The Kier molecular flexibility index (Phi) is 8.58. The van der Waals surface area contributed by atoms with E-state index in [1.807, 2.05) is 30.3 Å². The lowest BCUT2D eigenvalue weighted by atomic mass is 9.90.